The van der Waals surface area contributed by atoms with Gasteiger partial charge in [0.2, 0.25) is 5.89 Å². The van der Waals surface area contributed by atoms with Gasteiger partial charge in [0.05, 0.1) is 12.6 Å². The van der Waals surface area contributed by atoms with Crippen LogP contribution in [0.3, 0.4) is 0 Å². The molecule has 0 aromatic carbocycles. The summed E-state index contributed by atoms with van der Waals surface area (Å²) in [4.78, 5) is 4.37. The van der Waals surface area contributed by atoms with Gasteiger partial charge in [-0.3, -0.25) is 0 Å². The van der Waals surface area contributed by atoms with Gasteiger partial charge in [0, 0.05) is 12.5 Å². The summed E-state index contributed by atoms with van der Waals surface area (Å²) < 4.78 is 10.6. The smallest absolute Gasteiger partial charge is 0.229 e. The third-order valence-electron chi connectivity index (χ3n) is 3.15. The van der Waals surface area contributed by atoms with Crippen LogP contribution in [0.25, 0.3) is 0 Å². The molecule has 1 aromatic heterocycles. The molecule has 2 unspecified atom stereocenters. The average molecular weight is 239 g/mol. The molecule has 0 amide bonds. The van der Waals surface area contributed by atoms with Crippen molar-refractivity contribution in [3.05, 3.63) is 11.7 Å². The molecule has 0 saturated heterocycles. The Kier molecular flexibility index (Phi) is 4.12. The maximum atomic E-state index is 5.93. The van der Waals surface area contributed by atoms with E-state index in [0.717, 1.165) is 18.9 Å². The van der Waals surface area contributed by atoms with Gasteiger partial charge in [0.15, 0.2) is 5.82 Å². The van der Waals surface area contributed by atoms with Gasteiger partial charge in [-0.25, -0.2) is 0 Å². The third-order valence-corrected chi connectivity index (χ3v) is 3.15. The Morgan fingerprint density at radius 1 is 1.53 bits per heavy atom. The lowest BCUT2D eigenvalue weighted by Gasteiger charge is -2.07. The highest BCUT2D eigenvalue weighted by Gasteiger charge is 2.32. The van der Waals surface area contributed by atoms with E-state index in [4.69, 9.17) is 15.0 Å². The normalized spacial score (nSPS) is 19.2. The molecule has 0 spiro atoms. The van der Waals surface area contributed by atoms with Gasteiger partial charge < -0.3 is 15.0 Å². The van der Waals surface area contributed by atoms with Gasteiger partial charge in [0.25, 0.3) is 0 Å². The number of ether oxygens (including phenoxy) is 1. The van der Waals surface area contributed by atoms with Crippen LogP contribution in [0.4, 0.5) is 0 Å². The fraction of sp³-hybridized carbons (Fsp3) is 0.833. The van der Waals surface area contributed by atoms with Crippen molar-refractivity contribution in [1.29, 1.82) is 0 Å². The van der Waals surface area contributed by atoms with Crippen molar-refractivity contribution >= 4 is 0 Å². The van der Waals surface area contributed by atoms with Gasteiger partial charge in [-0.1, -0.05) is 19.0 Å². The van der Waals surface area contributed by atoms with E-state index >= 15 is 0 Å². The Morgan fingerprint density at radius 3 is 2.94 bits per heavy atom. The molecule has 1 aromatic rings. The molecule has 1 saturated carbocycles. The molecule has 96 valence electrons. The summed E-state index contributed by atoms with van der Waals surface area (Å²) in [6.07, 6.45) is 3.53. The summed E-state index contributed by atoms with van der Waals surface area (Å²) in [7, 11) is 0. The Balaban J connectivity index is 1.87. The fourth-order valence-electron chi connectivity index (χ4n) is 1.81. The first-order valence-electron chi connectivity index (χ1n) is 6.39. The summed E-state index contributed by atoms with van der Waals surface area (Å²) in [5, 5.41) is 3.93. The fourth-order valence-corrected chi connectivity index (χ4v) is 1.81. The molecule has 1 fully saturated rings. The van der Waals surface area contributed by atoms with Crippen molar-refractivity contribution in [3.63, 3.8) is 0 Å². The SMILES string of the molecule is CCCOCC(N)c1noc(C(C)C2CC2)n1. The molecule has 0 radical (unpaired) electrons. The summed E-state index contributed by atoms with van der Waals surface area (Å²) in [6.45, 7) is 5.37. The molecular weight excluding hydrogens is 218 g/mol. The number of hydrogen-bond donors (Lipinski definition) is 1. The quantitative estimate of drug-likeness (QED) is 0.737. The van der Waals surface area contributed by atoms with E-state index in [-0.39, 0.29) is 6.04 Å². The van der Waals surface area contributed by atoms with Crippen LogP contribution in [0.5, 0.6) is 0 Å². The second kappa shape index (κ2) is 5.60. The second-order valence-electron chi connectivity index (χ2n) is 4.80. The first-order chi connectivity index (χ1) is 8.22. The predicted octanol–water partition coefficient (Wildman–Crippen LogP) is 2.01. The van der Waals surface area contributed by atoms with Crippen molar-refractivity contribution in [1.82, 2.24) is 10.1 Å². The average Bonchev–Trinajstić information content (AvgIpc) is 3.05. The molecule has 1 heterocycles. The molecular formula is C12H21N3O2. The highest BCUT2D eigenvalue weighted by molar-refractivity contribution is 5.01. The van der Waals surface area contributed by atoms with Crippen molar-refractivity contribution in [2.45, 2.75) is 45.1 Å². The summed E-state index contributed by atoms with van der Waals surface area (Å²) in [5.41, 5.74) is 5.93. The van der Waals surface area contributed by atoms with E-state index in [1.165, 1.54) is 12.8 Å². The summed E-state index contributed by atoms with van der Waals surface area (Å²) in [5.74, 6) is 2.35. The molecule has 5 heteroatoms. The molecule has 0 aliphatic heterocycles. The number of nitrogens with two attached hydrogens (primary N) is 1. The minimum atomic E-state index is -0.287. The molecule has 2 N–H and O–H groups in total. The van der Waals surface area contributed by atoms with Gasteiger partial charge in [-0.15, -0.1) is 0 Å². The number of rotatable bonds is 7. The van der Waals surface area contributed by atoms with Crippen LogP contribution in [0.2, 0.25) is 0 Å². The first kappa shape index (κ1) is 12.5. The molecule has 17 heavy (non-hydrogen) atoms. The minimum absolute atomic E-state index is 0.287. The minimum Gasteiger partial charge on any atom is -0.379 e. The highest BCUT2D eigenvalue weighted by atomic mass is 16.5. The van der Waals surface area contributed by atoms with Crippen LogP contribution in [0.1, 0.15) is 56.8 Å². The Hall–Kier alpha value is -0.940. The van der Waals surface area contributed by atoms with E-state index < -0.39 is 0 Å². The molecule has 2 rings (SSSR count). The van der Waals surface area contributed by atoms with Crippen LogP contribution in [0.15, 0.2) is 4.52 Å². The monoisotopic (exact) mass is 239 g/mol. The summed E-state index contributed by atoms with van der Waals surface area (Å²) in [6, 6.07) is -0.287. The van der Waals surface area contributed by atoms with E-state index in [2.05, 4.69) is 24.0 Å². The maximum Gasteiger partial charge on any atom is 0.229 e. The van der Waals surface area contributed by atoms with Gasteiger partial charge in [0.1, 0.15) is 0 Å². The van der Waals surface area contributed by atoms with Crippen LogP contribution in [-0.4, -0.2) is 23.4 Å². The first-order valence-corrected chi connectivity index (χ1v) is 6.39. The van der Waals surface area contributed by atoms with Gasteiger partial charge in [-0.05, 0) is 25.2 Å². The predicted molar refractivity (Wildman–Crippen MR) is 63.5 cm³/mol. The standard InChI is InChI=1S/C12H21N3O2/c1-3-6-16-7-10(13)11-14-12(17-15-11)8(2)9-4-5-9/h8-10H,3-7,13H2,1-2H3. The van der Waals surface area contributed by atoms with E-state index in [1.807, 2.05) is 0 Å². The number of aromatic nitrogens is 2. The van der Waals surface area contributed by atoms with Crippen molar-refractivity contribution < 1.29 is 9.26 Å². The lowest BCUT2D eigenvalue weighted by atomic mass is 10.1. The maximum absolute atomic E-state index is 5.93. The molecule has 1 aliphatic carbocycles. The number of nitrogens with zero attached hydrogens (tertiary/aromatic N) is 2. The molecule has 5 nitrogen and oxygen atoms in total. The zero-order chi connectivity index (χ0) is 12.3. The highest BCUT2D eigenvalue weighted by Crippen LogP contribution is 2.41. The lowest BCUT2D eigenvalue weighted by molar-refractivity contribution is 0.119. The van der Waals surface area contributed by atoms with Gasteiger partial charge in [-0.2, -0.15) is 4.98 Å². The van der Waals surface area contributed by atoms with Crippen LogP contribution in [-0.2, 0) is 4.74 Å². The largest absolute Gasteiger partial charge is 0.379 e. The molecule has 0 bridgehead atoms. The van der Waals surface area contributed by atoms with Crippen LogP contribution < -0.4 is 5.73 Å². The Labute approximate surface area is 102 Å². The third kappa shape index (κ3) is 3.26. The summed E-state index contributed by atoms with van der Waals surface area (Å²) >= 11 is 0. The van der Waals surface area contributed by atoms with Crippen molar-refractivity contribution in [3.8, 4) is 0 Å². The van der Waals surface area contributed by atoms with E-state index in [9.17, 15) is 0 Å². The topological polar surface area (TPSA) is 74.2 Å². The van der Waals surface area contributed by atoms with E-state index in [0.29, 0.717) is 24.2 Å². The van der Waals surface area contributed by atoms with Crippen LogP contribution >= 0.6 is 0 Å². The number of hydrogen-bond acceptors (Lipinski definition) is 5. The zero-order valence-corrected chi connectivity index (χ0v) is 10.6. The zero-order valence-electron chi connectivity index (χ0n) is 10.6. The van der Waals surface area contributed by atoms with Crippen LogP contribution in [0, 0.1) is 5.92 Å². The Morgan fingerprint density at radius 2 is 2.29 bits per heavy atom. The lowest BCUT2D eigenvalue weighted by Crippen LogP contribution is -2.19. The van der Waals surface area contributed by atoms with E-state index in [1.54, 1.807) is 0 Å². The second-order valence-corrected chi connectivity index (χ2v) is 4.80. The Bertz CT molecular complexity index is 349. The molecule has 1 aliphatic rings. The van der Waals surface area contributed by atoms with Gasteiger partial charge >= 0.3 is 0 Å². The van der Waals surface area contributed by atoms with Crippen molar-refractivity contribution in [2.75, 3.05) is 13.2 Å². The van der Waals surface area contributed by atoms with Crippen molar-refractivity contribution in [2.24, 2.45) is 11.7 Å². The molecule has 2 atom stereocenters.